The largest absolute Gasteiger partial charge is 0.475 e. The van der Waals surface area contributed by atoms with Gasteiger partial charge in [-0.15, -0.1) is 0 Å². The molecule has 1 saturated carbocycles. The molecule has 5 heteroatoms. The highest BCUT2D eigenvalue weighted by Gasteiger charge is 2.32. The zero-order valence-electron chi connectivity index (χ0n) is 12.8. The van der Waals surface area contributed by atoms with Gasteiger partial charge >= 0.3 is 5.97 Å². The van der Waals surface area contributed by atoms with Gasteiger partial charge in [-0.25, -0.2) is 9.79 Å². The molecule has 0 radical (unpaired) electrons. The lowest BCUT2D eigenvalue weighted by Gasteiger charge is -2.20. The summed E-state index contributed by atoms with van der Waals surface area (Å²) in [5, 5.41) is 8.92. The van der Waals surface area contributed by atoms with Gasteiger partial charge < -0.3 is 14.3 Å². The molecule has 1 aliphatic heterocycles. The van der Waals surface area contributed by atoms with Crippen molar-refractivity contribution < 1.29 is 19.1 Å². The van der Waals surface area contributed by atoms with Crippen LogP contribution in [0.2, 0.25) is 0 Å². The van der Waals surface area contributed by atoms with E-state index in [9.17, 15) is 4.79 Å². The van der Waals surface area contributed by atoms with Crippen molar-refractivity contribution >= 4 is 11.7 Å². The van der Waals surface area contributed by atoms with E-state index in [-0.39, 0.29) is 11.7 Å². The van der Waals surface area contributed by atoms with Gasteiger partial charge in [0.15, 0.2) is 5.76 Å². The van der Waals surface area contributed by atoms with Gasteiger partial charge in [-0.2, -0.15) is 0 Å². The first kappa shape index (κ1) is 14.1. The van der Waals surface area contributed by atoms with Gasteiger partial charge in [-0.05, 0) is 49.0 Å². The van der Waals surface area contributed by atoms with Crippen LogP contribution in [-0.4, -0.2) is 16.8 Å². The van der Waals surface area contributed by atoms with E-state index in [0.717, 1.165) is 18.5 Å². The molecule has 1 unspecified atom stereocenters. The van der Waals surface area contributed by atoms with Crippen molar-refractivity contribution in [2.45, 2.75) is 32.6 Å². The standard InChI is InChI=1S/C18H17NO4/c1-10-6-7-13(22-15-9-8-14(23-15)18(20)21)17-16(10)11-4-2-3-5-12(11)19-17/h6-10H,2-5H2,1H3,(H,20,21). The molecule has 0 aromatic carbocycles. The first-order chi connectivity index (χ1) is 11.1. The number of hydrogen-bond donors (Lipinski definition) is 1. The van der Waals surface area contributed by atoms with Gasteiger partial charge in [0, 0.05) is 17.7 Å². The van der Waals surface area contributed by atoms with Crippen molar-refractivity contribution in [3.8, 4) is 5.95 Å². The number of furan rings is 1. The van der Waals surface area contributed by atoms with Crippen LogP contribution in [0.15, 0.2) is 56.3 Å². The number of carbonyl (C=O) groups is 1. The summed E-state index contributed by atoms with van der Waals surface area (Å²) in [6.07, 6.45) is 8.47. The van der Waals surface area contributed by atoms with E-state index in [2.05, 4.69) is 13.0 Å². The lowest BCUT2D eigenvalue weighted by atomic mass is 9.84. The number of ether oxygens (including phenoxy) is 1. The third-order valence-electron chi connectivity index (χ3n) is 4.49. The van der Waals surface area contributed by atoms with E-state index in [1.165, 1.54) is 41.8 Å². The summed E-state index contributed by atoms with van der Waals surface area (Å²) in [5.41, 5.74) is 4.68. The van der Waals surface area contributed by atoms with Crippen molar-refractivity contribution in [2.75, 3.05) is 0 Å². The molecule has 1 N–H and O–H groups in total. The third kappa shape index (κ3) is 2.32. The highest BCUT2D eigenvalue weighted by molar-refractivity contribution is 6.05. The Bertz CT molecular complexity index is 807. The summed E-state index contributed by atoms with van der Waals surface area (Å²) in [6, 6.07) is 2.91. The number of fused-ring (bicyclic) bond motifs is 2. The summed E-state index contributed by atoms with van der Waals surface area (Å²) in [6.45, 7) is 2.16. The van der Waals surface area contributed by atoms with Crippen LogP contribution in [0.25, 0.3) is 0 Å². The minimum absolute atomic E-state index is 0.135. The lowest BCUT2D eigenvalue weighted by molar-refractivity contribution is 0.0656. The molecule has 0 bridgehead atoms. The van der Waals surface area contributed by atoms with Gasteiger partial charge in [0.1, 0.15) is 5.70 Å². The van der Waals surface area contributed by atoms with Crippen LogP contribution in [-0.2, 0) is 0 Å². The number of carboxylic acids is 1. The number of hydrogen-bond acceptors (Lipinski definition) is 4. The topological polar surface area (TPSA) is 72.0 Å². The average molecular weight is 311 g/mol. The van der Waals surface area contributed by atoms with Crippen LogP contribution in [0.5, 0.6) is 5.95 Å². The third-order valence-corrected chi connectivity index (χ3v) is 4.49. The van der Waals surface area contributed by atoms with Gasteiger partial charge in [0.2, 0.25) is 5.76 Å². The Kier molecular flexibility index (Phi) is 3.22. The Hall–Kier alpha value is -2.56. The van der Waals surface area contributed by atoms with E-state index < -0.39 is 5.97 Å². The molecule has 23 heavy (non-hydrogen) atoms. The normalized spacial score (nSPS) is 22.8. The Morgan fingerprint density at radius 2 is 2.17 bits per heavy atom. The predicted octanol–water partition coefficient (Wildman–Crippen LogP) is 4.10. The van der Waals surface area contributed by atoms with Crippen molar-refractivity contribution in [1.82, 2.24) is 0 Å². The fourth-order valence-corrected chi connectivity index (χ4v) is 3.41. The second-order valence-corrected chi connectivity index (χ2v) is 6.04. The highest BCUT2D eigenvalue weighted by atomic mass is 16.6. The quantitative estimate of drug-likeness (QED) is 0.912. The Morgan fingerprint density at radius 1 is 1.35 bits per heavy atom. The smallest absolute Gasteiger partial charge is 0.371 e. The van der Waals surface area contributed by atoms with E-state index in [1.54, 1.807) is 0 Å². The summed E-state index contributed by atoms with van der Waals surface area (Å²) in [5.74, 6) is -0.135. The fraction of sp³-hybridized carbons (Fsp3) is 0.333. The number of nitrogens with zero attached hydrogens (tertiary/aromatic N) is 1. The molecule has 1 atom stereocenters. The van der Waals surface area contributed by atoms with Crippen LogP contribution in [0, 0.1) is 5.92 Å². The van der Waals surface area contributed by atoms with Crippen LogP contribution < -0.4 is 4.74 Å². The maximum absolute atomic E-state index is 10.9. The molecule has 0 amide bonds. The number of rotatable bonds is 3. The molecule has 1 aromatic rings. The second-order valence-electron chi connectivity index (χ2n) is 6.04. The minimum atomic E-state index is -1.11. The van der Waals surface area contributed by atoms with Crippen LogP contribution in [0.1, 0.15) is 43.2 Å². The SMILES string of the molecule is CC1C=CC(Oc2ccc(C(=O)O)o2)=C2N=C3CCCCC3=C21. The zero-order valence-corrected chi connectivity index (χ0v) is 12.8. The van der Waals surface area contributed by atoms with E-state index in [1.807, 2.05) is 6.08 Å². The second kappa shape index (κ2) is 5.26. The van der Waals surface area contributed by atoms with Crippen LogP contribution in [0.4, 0.5) is 0 Å². The zero-order chi connectivity index (χ0) is 16.0. The molecule has 118 valence electrons. The molecule has 2 aliphatic carbocycles. The van der Waals surface area contributed by atoms with Gasteiger partial charge in [0.25, 0.3) is 5.95 Å². The predicted molar refractivity (Wildman–Crippen MR) is 84.6 cm³/mol. The Labute approximate surface area is 133 Å². The first-order valence-electron chi connectivity index (χ1n) is 7.88. The van der Waals surface area contributed by atoms with Crippen molar-refractivity contribution in [3.05, 3.63) is 52.6 Å². The molecule has 0 saturated heterocycles. The van der Waals surface area contributed by atoms with Gasteiger partial charge in [-0.1, -0.05) is 13.0 Å². The summed E-state index contributed by atoms with van der Waals surface area (Å²) in [7, 11) is 0. The number of aliphatic imine (C=N–C) groups is 1. The average Bonchev–Trinajstić information content (AvgIpc) is 3.15. The molecular formula is C18H17NO4. The minimum Gasteiger partial charge on any atom is -0.475 e. The monoisotopic (exact) mass is 311 g/mol. The molecule has 5 nitrogen and oxygen atoms in total. The van der Waals surface area contributed by atoms with Crippen LogP contribution >= 0.6 is 0 Å². The van der Waals surface area contributed by atoms with Crippen LogP contribution in [0.3, 0.4) is 0 Å². The van der Waals surface area contributed by atoms with Crippen molar-refractivity contribution in [3.63, 3.8) is 0 Å². The molecule has 1 fully saturated rings. The van der Waals surface area contributed by atoms with E-state index in [4.69, 9.17) is 19.3 Å². The molecule has 3 aliphatic rings. The summed E-state index contributed by atoms with van der Waals surface area (Å²) < 4.78 is 11.0. The highest BCUT2D eigenvalue weighted by Crippen LogP contribution is 2.42. The van der Waals surface area contributed by atoms with E-state index >= 15 is 0 Å². The molecule has 0 spiro atoms. The van der Waals surface area contributed by atoms with Gasteiger partial charge in [-0.3, -0.25) is 0 Å². The first-order valence-corrected chi connectivity index (χ1v) is 7.88. The maximum Gasteiger partial charge on any atom is 0.371 e. The van der Waals surface area contributed by atoms with Crippen molar-refractivity contribution in [2.24, 2.45) is 10.9 Å². The summed E-state index contributed by atoms with van der Waals surface area (Å²) >= 11 is 0. The molecule has 2 heterocycles. The number of aromatic carboxylic acids is 1. The molecular weight excluding hydrogens is 294 g/mol. The number of carboxylic acid groups (broad SMARTS) is 1. The lowest BCUT2D eigenvalue weighted by Crippen LogP contribution is -2.11. The molecule has 4 rings (SSSR count). The van der Waals surface area contributed by atoms with Crippen molar-refractivity contribution in [1.29, 1.82) is 0 Å². The van der Waals surface area contributed by atoms with E-state index in [0.29, 0.717) is 11.7 Å². The molecule has 1 aromatic heterocycles. The van der Waals surface area contributed by atoms with Gasteiger partial charge in [0.05, 0.1) is 0 Å². The fourth-order valence-electron chi connectivity index (χ4n) is 3.41. The number of allylic oxidation sites excluding steroid dienone is 4. The summed E-state index contributed by atoms with van der Waals surface area (Å²) in [4.78, 5) is 15.7. The Morgan fingerprint density at radius 3 is 2.96 bits per heavy atom. The maximum atomic E-state index is 10.9. The Balaban J connectivity index is 1.71.